The minimum atomic E-state index is 0.0390. The monoisotopic (exact) mass is 261 g/mol. The minimum Gasteiger partial charge on any atom is -0.359 e. The van der Waals surface area contributed by atoms with E-state index in [1.165, 1.54) is 0 Å². The van der Waals surface area contributed by atoms with Crippen molar-refractivity contribution in [1.29, 1.82) is 0 Å². The van der Waals surface area contributed by atoms with Gasteiger partial charge < -0.3 is 9.97 Å². The van der Waals surface area contributed by atoms with Crippen LogP contribution in [-0.2, 0) is 0 Å². The van der Waals surface area contributed by atoms with Crippen molar-refractivity contribution in [2.75, 3.05) is 0 Å². The van der Waals surface area contributed by atoms with Crippen LogP contribution in [-0.4, -0.2) is 15.0 Å². The van der Waals surface area contributed by atoms with E-state index >= 15 is 0 Å². The fourth-order valence-corrected chi connectivity index (χ4v) is 2.55. The molecule has 4 heteroatoms. The number of pyridine rings is 2. The number of fused-ring (bicyclic) bond motifs is 3. The van der Waals surface area contributed by atoms with Crippen molar-refractivity contribution < 1.29 is 0 Å². The van der Waals surface area contributed by atoms with Gasteiger partial charge in [-0.15, -0.1) is 0 Å². The number of nitrogens with zero attached hydrogens (tertiary/aromatic N) is 1. The molecule has 0 spiro atoms. The highest BCUT2D eigenvalue weighted by Gasteiger charge is 2.08. The van der Waals surface area contributed by atoms with Crippen molar-refractivity contribution in [3.05, 3.63) is 65.2 Å². The van der Waals surface area contributed by atoms with Crippen molar-refractivity contribution in [1.82, 2.24) is 15.0 Å². The Bertz CT molecular complexity index is 967. The molecule has 0 atom stereocenters. The summed E-state index contributed by atoms with van der Waals surface area (Å²) < 4.78 is 0. The lowest BCUT2D eigenvalue weighted by molar-refractivity contribution is 1.29. The van der Waals surface area contributed by atoms with Crippen LogP contribution in [0.4, 0.5) is 0 Å². The van der Waals surface area contributed by atoms with Gasteiger partial charge in [-0.25, -0.2) is 0 Å². The van der Waals surface area contributed by atoms with Crippen molar-refractivity contribution in [3.63, 3.8) is 0 Å². The first-order valence-corrected chi connectivity index (χ1v) is 6.36. The molecule has 0 radical (unpaired) electrons. The first-order valence-electron chi connectivity index (χ1n) is 6.36. The molecule has 4 nitrogen and oxygen atoms in total. The predicted octanol–water partition coefficient (Wildman–Crippen LogP) is 3.07. The zero-order valence-corrected chi connectivity index (χ0v) is 10.6. The second kappa shape index (κ2) is 4.06. The Morgan fingerprint density at radius 2 is 2.00 bits per heavy atom. The molecule has 2 N–H and O–H groups in total. The van der Waals surface area contributed by atoms with Crippen LogP contribution in [0.25, 0.3) is 33.1 Å². The van der Waals surface area contributed by atoms with Crippen LogP contribution in [0.1, 0.15) is 0 Å². The van der Waals surface area contributed by atoms with E-state index in [-0.39, 0.29) is 5.43 Å². The second-order valence-corrected chi connectivity index (χ2v) is 4.72. The summed E-state index contributed by atoms with van der Waals surface area (Å²) in [6.07, 6.45) is 5.42. The lowest BCUT2D eigenvalue weighted by Gasteiger charge is -2.01. The fourth-order valence-electron chi connectivity index (χ4n) is 2.55. The molecular formula is C16H11N3O. The third-order valence-electron chi connectivity index (χ3n) is 3.49. The molecule has 3 heterocycles. The van der Waals surface area contributed by atoms with Gasteiger partial charge in [-0.3, -0.25) is 9.78 Å². The smallest absolute Gasteiger partial charge is 0.188 e. The van der Waals surface area contributed by atoms with Crippen LogP contribution in [0, 0.1) is 0 Å². The molecule has 0 amide bonds. The summed E-state index contributed by atoms with van der Waals surface area (Å²) in [5.41, 5.74) is 3.76. The Balaban J connectivity index is 2.08. The molecule has 3 aromatic heterocycles. The van der Waals surface area contributed by atoms with Crippen molar-refractivity contribution >= 4 is 21.8 Å². The van der Waals surface area contributed by atoms with Gasteiger partial charge in [0.1, 0.15) is 0 Å². The Kier molecular flexibility index (Phi) is 2.23. The summed E-state index contributed by atoms with van der Waals surface area (Å²) in [5, 5.41) is 1.67. The largest absolute Gasteiger partial charge is 0.359 e. The molecule has 0 aliphatic rings. The minimum absolute atomic E-state index is 0.0390. The molecule has 0 aliphatic heterocycles. The molecule has 0 unspecified atom stereocenters. The van der Waals surface area contributed by atoms with E-state index in [9.17, 15) is 4.79 Å². The first-order chi connectivity index (χ1) is 9.83. The van der Waals surface area contributed by atoms with E-state index in [2.05, 4.69) is 15.0 Å². The molecule has 0 saturated heterocycles. The molecule has 0 fully saturated rings. The maximum absolute atomic E-state index is 12.1. The number of hydrogen-bond donors (Lipinski definition) is 2. The Morgan fingerprint density at radius 1 is 1.05 bits per heavy atom. The number of rotatable bonds is 1. The summed E-state index contributed by atoms with van der Waals surface area (Å²) in [6, 6.07) is 11.1. The standard InChI is InChI=1S/C16H11N3O/c20-15-5-1-4-12-16(15)11-7-13(18-9-14(11)19-12)10-3-2-6-17-8-10/h1-9,18-19H. The fraction of sp³-hybridized carbons (Fsp3) is 0. The zero-order chi connectivity index (χ0) is 13.5. The zero-order valence-electron chi connectivity index (χ0n) is 10.6. The Hall–Kier alpha value is -2.88. The van der Waals surface area contributed by atoms with Gasteiger partial charge >= 0.3 is 0 Å². The van der Waals surface area contributed by atoms with E-state index in [4.69, 9.17) is 0 Å². The molecule has 1 aromatic carbocycles. The number of H-pyrrole nitrogens is 2. The molecule has 20 heavy (non-hydrogen) atoms. The average molecular weight is 261 g/mol. The van der Waals surface area contributed by atoms with Gasteiger partial charge in [-0.05, 0) is 30.3 Å². The molecule has 4 rings (SSSR count). The van der Waals surface area contributed by atoms with Gasteiger partial charge in [-0.2, -0.15) is 0 Å². The highest BCUT2D eigenvalue weighted by atomic mass is 16.1. The maximum atomic E-state index is 12.1. The molecule has 0 bridgehead atoms. The van der Waals surface area contributed by atoms with Crippen molar-refractivity contribution in [3.8, 4) is 11.3 Å². The summed E-state index contributed by atoms with van der Waals surface area (Å²) in [6.45, 7) is 0. The van der Waals surface area contributed by atoms with Crippen molar-refractivity contribution in [2.24, 2.45) is 0 Å². The van der Waals surface area contributed by atoms with Gasteiger partial charge in [0.15, 0.2) is 5.43 Å². The number of benzene rings is 1. The lowest BCUT2D eigenvalue weighted by atomic mass is 10.1. The highest BCUT2D eigenvalue weighted by molar-refractivity contribution is 6.07. The third-order valence-corrected chi connectivity index (χ3v) is 3.49. The van der Waals surface area contributed by atoms with E-state index < -0.39 is 0 Å². The first kappa shape index (κ1) is 11.0. The van der Waals surface area contributed by atoms with Crippen LogP contribution in [0.2, 0.25) is 0 Å². The van der Waals surface area contributed by atoms with E-state index in [0.29, 0.717) is 0 Å². The van der Waals surface area contributed by atoms with Crippen LogP contribution < -0.4 is 5.43 Å². The van der Waals surface area contributed by atoms with Crippen LogP contribution >= 0.6 is 0 Å². The number of aromatic amines is 2. The van der Waals surface area contributed by atoms with Gasteiger partial charge in [0.25, 0.3) is 0 Å². The number of nitrogens with one attached hydrogen (secondary N) is 2. The van der Waals surface area contributed by atoms with Gasteiger partial charge in [0, 0.05) is 35.2 Å². The summed E-state index contributed by atoms with van der Waals surface area (Å²) in [7, 11) is 0. The van der Waals surface area contributed by atoms with Gasteiger partial charge in [-0.1, -0.05) is 6.07 Å². The van der Waals surface area contributed by atoms with E-state index in [1.54, 1.807) is 24.5 Å². The van der Waals surface area contributed by atoms with Crippen LogP contribution in [0.15, 0.2) is 59.8 Å². The Labute approximate surface area is 114 Å². The van der Waals surface area contributed by atoms with Crippen LogP contribution in [0.5, 0.6) is 0 Å². The van der Waals surface area contributed by atoms with Crippen LogP contribution in [0.3, 0.4) is 0 Å². The average Bonchev–Trinajstić information content (AvgIpc) is 2.87. The normalized spacial score (nSPS) is 11.2. The second-order valence-electron chi connectivity index (χ2n) is 4.72. The molecule has 0 aliphatic carbocycles. The van der Waals surface area contributed by atoms with E-state index in [0.717, 1.165) is 33.1 Å². The van der Waals surface area contributed by atoms with E-state index in [1.807, 2.05) is 30.5 Å². The predicted molar refractivity (Wildman–Crippen MR) is 79.7 cm³/mol. The van der Waals surface area contributed by atoms with Gasteiger partial charge in [0.05, 0.1) is 16.4 Å². The van der Waals surface area contributed by atoms with Crippen molar-refractivity contribution in [2.45, 2.75) is 0 Å². The molecule has 0 saturated carbocycles. The maximum Gasteiger partial charge on any atom is 0.188 e. The SMILES string of the molecule is O=c1cccc2[nH]c3c[nH]c(-c4cccnc4)cc3c12. The molecular weight excluding hydrogens is 250 g/mol. The topological polar surface area (TPSA) is 61.5 Å². The number of aromatic nitrogens is 3. The summed E-state index contributed by atoms with van der Waals surface area (Å²) >= 11 is 0. The molecule has 96 valence electrons. The number of hydrogen-bond acceptors (Lipinski definition) is 2. The summed E-state index contributed by atoms with van der Waals surface area (Å²) in [5.74, 6) is 0. The van der Waals surface area contributed by atoms with Gasteiger partial charge in [0.2, 0.25) is 0 Å². The highest BCUT2D eigenvalue weighted by Crippen LogP contribution is 2.26. The molecule has 4 aromatic rings. The lowest BCUT2D eigenvalue weighted by Crippen LogP contribution is -1.96. The summed E-state index contributed by atoms with van der Waals surface area (Å²) in [4.78, 5) is 22.7. The Morgan fingerprint density at radius 3 is 2.85 bits per heavy atom. The third kappa shape index (κ3) is 1.55. The quantitative estimate of drug-likeness (QED) is 0.553.